The Bertz CT molecular complexity index is 324. The Balaban J connectivity index is 2.94. The summed E-state index contributed by atoms with van der Waals surface area (Å²) >= 11 is 0. The molecular weight excluding hydrogens is 158 g/mol. The normalized spacial score (nSPS) is 11.4. The van der Waals surface area contributed by atoms with Crippen LogP contribution in [-0.2, 0) is 0 Å². The largest absolute Gasteiger partial charge is 0.285 e. The first-order valence-electron chi connectivity index (χ1n) is 4.43. The van der Waals surface area contributed by atoms with E-state index in [0.29, 0.717) is 6.54 Å². The van der Waals surface area contributed by atoms with E-state index in [-0.39, 0.29) is 0 Å². The molecule has 0 radical (unpaired) electrons. The van der Waals surface area contributed by atoms with Gasteiger partial charge in [0, 0.05) is 5.71 Å². The van der Waals surface area contributed by atoms with Crippen LogP contribution in [0.2, 0.25) is 0 Å². The molecule has 0 spiro atoms. The van der Waals surface area contributed by atoms with E-state index in [1.165, 1.54) is 11.1 Å². The summed E-state index contributed by atoms with van der Waals surface area (Å²) in [6, 6.07) is 8.27. The Labute approximate surface area is 79.8 Å². The lowest BCUT2D eigenvalue weighted by atomic mass is 10.1. The molecule has 68 valence electrons. The van der Waals surface area contributed by atoms with Gasteiger partial charge in [-0.15, -0.1) is 6.58 Å². The molecule has 1 rings (SSSR count). The van der Waals surface area contributed by atoms with E-state index < -0.39 is 0 Å². The number of nitrogens with zero attached hydrogens (tertiary/aromatic N) is 1. The van der Waals surface area contributed by atoms with Gasteiger partial charge in [-0.3, -0.25) is 4.99 Å². The van der Waals surface area contributed by atoms with Crippen LogP contribution in [-0.4, -0.2) is 12.3 Å². The van der Waals surface area contributed by atoms with E-state index in [0.717, 1.165) is 5.71 Å². The van der Waals surface area contributed by atoms with Crippen molar-refractivity contribution in [2.24, 2.45) is 4.99 Å². The highest BCUT2D eigenvalue weighted by Crippen LogP contribution is 2.08. The highest BCUT2D eigenvalue weighted by Gasteiger charge is 1.98. The second-order valence-corrected chi connectivity index (χ2v) is 3.03. The summed E-state index contributed by atoms with van der Waals surface area (Å²) in [6.07, 6.45) is 1.81. The number of rotatable bonds is 3. The van der Waals surface area contributed by atoms with Crippen molar-refractivity contribution in [1.29, 1.82) is 0 Å². The molecule has 1 aromatic rings. The first-order chi connectivity index (χ1) is 6.25. The van der Waals surface area contributed by atoms with E-state index in [4.69, 9.17) is 0 Å². The quantitative estimate of drug-likeness (QED) is 0.492. The minimum Gasteiger partial charge on any atom is -0.285 e. The van der Waals surface area contributed by atoms with Crippen molar-refractivity contribution in [3.8, 4) is 0 Å². The second kappa shape index (κ2) is 4.61. The van der Waals surface area contributed by atoms with Crippen LogP contribution in [0.3, 0.4) is 0 Å². The molecule has 1 heteroatoms. The number of aliphatic imine (C=N–C) groups is 1. The molecule has 0 unspecified atom stereocenters. The predicted octanol–water partition coefficient (Wildman–Crippen LogP) is 2.99. The van der Waals surface area contributed by atoms with Gasteiger partial charge < -0.3 is 0 Å². The third-order valence-corrected chi connectivity index (χ3v) is 1.99. The van der Waals surface area contributed by atoms with Crippen molar-refractivity contribution in [2.75, 3.05) is 6.54 Å². The van der Waals surface area contributed by atoms with Crippen LogP contribution in [0.4, 0.5) is 0 Å². The molecule has 0 saturated heterocycles. The minimum absolute atomic E-state index is 0.695. The molecule has 1 aromatic carbocycles. The lowest BCUT2D eigenvalue weighted by Crippen LogP contribution is -1.98. The minimum atomic E-state index is 0.695. The third-order valence-electron chi connectivity index (χ3n) is 1.99. The summed E-state index contributed by atoms with van der Waals surface area (Å²) < 4.78 is 0. The Morgan fingerprint density at radius 1 is 1.46 bits per heavy atom. The van der Waals surface area contributed by atoms with Gasteiger partial charge in [0.05, 0.1) is 6.54 Å². The fraction of sp³-hybridized carbons (Fsp3) is 0.250. The number of hydrogen-bond donors (Lipinski definition) is 0. The average molecular weight is 173 g/mol. The maximum Gasteiger partial charge on any atom is 0.0571 e. The van der Waals surface area contributed by atoms with E-state index >= 15 is 0 Å². The smallest absolute Gasteiger partial charge is 0.0571 e. The molecule has 0 aromatic heterocycles. The molecule has 0 heterocycles. The monoisotopic (exact) mass is 173 g/mol. The summed E-state index contributed by atoms with van der Waals surface area (Å²) in [5.41, 5.74) is 3.58. The van der Waals surface area contributed by atoms with Gasteiger partial charge in [-0.05, 0) is 25.0 Å². The van der Waals surface area contributed by atoms with Gasteiger partial charge in [-0.25, -0.2) is 0 Å². The molecule has 0 atom stereocenters. The highest BCUT2D eigenvalue weighted by molar-refractivity contribution is 5.99. The van der Waals surface area contributed by atoms with Crippen LogP contribution in [0, 0.1) is 6.92 Å². The van der Waals surface area contributed by atoms with Gasteiger partial charge in [0.25, 0.3) is 0 Å². The summed E-state index contributed by atoms with van der Waals surface area (Å²) in [7, 11) is 0. The van der Waals surface area contributed by atoms with Gasteiger partial charge in [0.2, 0.25) is 0 Å². The van der Waals surface area contributed by atoms with Crippen LogP contribution in [0.5, 0.6) is 0 Å². The van der Waals surface area contributed by atoms with Crippen LogP contribution in [0.25, 0.3) is 0 Å². The SMILES string of the molecule is C=CCN=C(C)c1ccccc1C. The molecule has 0 saturated carbocycles. The van der Waals surface area contributed by atoms with Crippen LogP contribution < -0.4 is 0 Å². The Kier molecular flexibility index (Phi) is 3.44. The molecule has 0 aliphatic heterocycles. The molecule has 0 N–H and O–H groups in total. The zero-order valence-electron chi connectivity index (χ0n) is 8.25. The molecule has 1 nitrogen and oxygen atoms in total. The number of benzene rings is 1. The lowest BCUT2D eigenvalue weighted by Gasteiger charge is -2.03. The first kappa shape index (κ1) is 9.72. The molecule has 0 aliphatic carbocycles. The summed E-state index contributed by atoms with van der Waals surface area (Å²) in [5.74, 6) is 0. The number of hydrogen-bond acceptors (Lipinski definition) is 1. The Morgan fingerprint density at radius 3 is 2.77 bits per heavy atom. The fourth-order valence-electron chi connectivity index (χ4n) is 1.27. The van der Waals surface area contributed by atoms with Gasteiger partial charge in [0.15, 0.2) is 0 Å². The summed E-state index contributed by atoms with van der Waals surface area (Å²) in [4.78, 5) is 4.37. The van der Waals surface area contributed by atoms with E-state index in [9.17, 15) is 0 Å². The fourth-order valence-corrected chi connectivity index (χ4v) is 1.27. The highest BCUT2D eigenvalue weighted by atomic mass is 14.7. The molecular formula is C12H15N. The van der Waals surface area contributed by atoms with Crippen molar-refractivity contribution in [3.05, 3.63) is 48.0 Å². The molecule has 13 heavy (non-hydrogen) atoms. The standard InChI is InChI=1S/C12H15N/c1-4-9-13-11(3)12-8-6-5-7-10(12)2/h4-8H,1,9H2,2-3H3. The van der Waals surface area contributed by atoms with E-state index in [2.05, 4.69) is 30.6 Å². The van der Waals surface area contributed by atoms with Crippen LogP contribution in [0.15, 0.2) is 41.9 Å². The first-order valence-corrected chi connectivity index (χ1v) is 4.43. The summed E-state index contributed by atoms with van der Waals surface area (Å²) in [5, 5.41) is 0. The van der Waals surface area contributed by atoms with Crippen LogP contribution >= 0.6 is 0 Å². The number of aryl methyl sites for hydroxylation is 1. The predicted molar refractivity (Wildman–Crippen MR) is 58.5 cm³/mol. The molecule has 0 aliphatic rings. The third kappa shape index (κ3) is 2.55. The Hall–Kier alpha value is -1.37. The topological polar surface area (TPSA) is 12.4 Å². The maximum atomic E-state index is 4.37. The van der Waals surface area contributed by atoms with Gasteiger partial charge in [0.1, 0.15) is 0 Å². The van der Waals surface area contributed by atoms with Crippen molar-refractivity contribution in [2.45, 2.75) is 13.8 Å². The van der Waals surface area contributed by atoms with Crippen molar-refractivity contribution in [1.82, 2.24) is 0 Å². The lowest BCUT2D eigenvalue weighted by molar-refractivity contribution is 1.23. The van der Waals surface area contributed by atoms with E-state index in [1.807, 2.05) is 25.1 Å². The van der Waals surface area contributed by atoms with Gasteiger partial charge in [-0.1, -0.05) is 30.3 Å². The van der Waals surface area contributed by atoms with Crippen LogP contribution in [0.1, 0.15) is 18.1 Å². The average Bonchev–Trinajstić information content (AvgIpc) is 2.15. The van der Waals surface area contributed by atoms with Crippen molar-refractivity contribution in [3.63, 3.8) is 0 Å². The zero-order chi connectivity index (χ0) is 9.68. The van der Waals surface area contributed by atoms with E-state index in [1.54, 1.807) is 0 Å². The Morgan fingerprint density at radius 2 is 2.15 bits per heavy atom. The zero-order valence-corrected chi connectivity index (χ0v) is 8.25. The van der Waals surface area contributed by atoms with Gasteiger partial charge in [-0.2, -0.15) is 0 Å². The van der Waals surface area contributed by atoms with Crippen molar-refractivity contribution >= 4 is 5.71 Å². The molecule has 0 amide bonds. The molecule has 0 fully saturated rings. The second-order valence-electron chi connectivity index (χ2n) is 3.03. The molecule has 0 bridgehead atoms. The van der Waals surface area contributed by atoms with Gasteiger partial charge >= 0.3 is 0 Å². The van der Waals surface area contributed by atoms with Crippen molar-refractivity contribution < 1.29 is 0 Å². The summed E-state index contributed by atoms with van der Waals surface area (Å²) in [6.45, 7) is 8.47. The maximum absolute atomic E-state index is 4.37.